The summed E-state index contributed by atoms with van der Waals surface area (Å²) in [6.45, 7) is 0. The van der Waals surface area contributed by atoms with E-state index in [1.807, 2.05) is 5.57 Å². The Morgan fingerprint density at radius 1 is 0.815 bits per heavy atom. The Bertz CT molecular complexity index is 821. The van der Waals surface area contributed by atoms with E-state index in [9.17, 15) is 0 Å². The standard InChI is InChI=1S/C25H30Si2/c1-3-11-21-17(7-1)15-19-9-5-13-26-23(19)25(21)22-12-4-2-8-18(22)16-20-10-6-14-27-24(20)25/h1-9,11-14,17-18,20-24H,10,15-16,26-27H2. The quantitative estimate of drug-likeness (QED) is 0.541. The highest BCUT2D eigenvalue weighted by atomic mass is 28.2. The minimum atomic E-state index is -0.195. The van der Waals surface area contributed by atoms with Crippen LogP contribution in [0.15, 0.2) is 83.8 Å². The first kappa shape index (κ1) is 16.6. The molecule has 6 aliphatic rings. The summed E-state index contributed by atoms with van der Waals surface area (Å²) < 4.78 is 0. The van der Waals surface area contributed by atoms with Crippen LogP contribution in [0.2, 0.25) is 11.1 Å². The van der Waals surface area contributed by atoms with E-state index >= 15 is 0 Å². The Morgan fingerprint density at radius 2 is 1.59 bits per heavy atom. The van der Waals surface area contributed by atoms with Crippen molar-refractivity contribution in [3.05, 3.63) is 83.8 Å². The van der Waals surface area contributed by atoms with Gasteiger partial charge in [-0.25, -0.2) is 0 Å². The van der Waals surface area contributed by atoms with Crippen LogP contribution >= 0.6 is 0 Å². The Labute approximate surface area is 168 Å². The summed E-state index contributed by atoms with van der Waals surface area (Å²) in [6.07, 6.45) is 31.5. The SMILES string of the molecule is C1=C[SiH2]C2C(=C1)CC1C=CC=CC1C21C2C=CC=CC2CC2CC=C[SiH2]C21. The molecule has 0 saturated heterocycles. The molecule has 1 spiro atoms. The summed E-state index contributed by atoms with van der Waals surface area (Å²) in [5.41, 5.74) is 9.50. The highest BCUT2D eigenvalue weighted by Crippen LogP contribution is 2.71. The van der Waals surface area contributed by atoms with Crippen molar-refractivity contribution in [2.75, 3.05) is 0 Å². The van der Waals surface area contributed by atoms with Crippen LogP contribution in [0.5, 0.6) is 0 Å². The first-order chi connectivity index (χ1) is 13.4. The molecular weight excluding hydrogens is 356 g/mol. The summed E-state index contributed by atoms with van der Waals surface area (Å²) in [5.74, 6) is 3.98. The molecule has 0 aromatic carbocycles. The van der Waals surface area contributed by atoms with Crippen LogP contribution < -0.4 is 0 Å². The van der Waals surface area contributed by atoms with Crippen molar-refractivity contribution in [3.63, 3.8) is 0 Å². The van der Waals surface area contributed by atoms with Gasteiger partial charge in [0.25, 0.3) is 0 Å². The highest BCUT2D eigenvalue weighted by Gasteiger charge is 2.63. The Kier molecular flexibility index (Phi) is 3.87. The monoisotopic (exact) mass is 386 g/mol. The van der Waals surface area contributed by atoms with E-state index in [2.05, 4.69) is 78.2 Å². The molecule has 2 heteroatoms. The molecule has 0 aromatic heterocycles. The van der Waals surface area contributed by atoms with Crippen LogP contribution in [-0.2, 0) is 0 Å². The van der Waals surface area contributed by atoms with E-state index in [1.54, 1.807) is 0 Å². The molecule has 27 heavy (non-hydrogen) atoms. The first-order valence-electron chi connectivity index (χ1n) is 11.1. The predicted octanol–water partition coefficient (Wildman–Crippen LogP) is 4.40. The van der Waals surface area contributed by atoms with Crippen molar-refractivity contribution >= 4 is 19.0 Å². The molecule has 0 bridgehead atoms. The van der Waals surface area contributed by atoms with Crippen molar-refractivity contribution in [3.8, 4) is 0 Å². The zero-order valence-corrected chi connectivity index (χ0v) is 18.9. The molecule has 6 rings (SSSR count). The normalized spacial score (nSPS) is 50.4. The van der Waals surface area contributed by atoms with E-state index in [4.69, 9.17) is 0 Å². The topological polar surface area (TPSA) is 0 Å². The molecule has 0 nitrogen and oxygen atoms in total. The fourth-order valence-corrected chi connectivity index (χ4v) is 13.5. The van der Waals surface area contributed by atoms with E-state index in [1.165, 1.54) is 19.3 Å². The Morgan fingerprint density at radius 3 is 2.48 bits per heavy atom. The van der Waals surface area contributed by atoms with Crippen LogP contribution in [0, 0.1) is 35.0 Å². The van der Waals surface area contributed by atoms with Crippen LogP contribution in [0.3, 0.4) is 0 Å². The predicted molar refractivity (Wildman–Crippen MR) is 121 cm³/mol. The highest BCUT2D eigenvalue weighted by molar-refractivity contribution is 6.48. The van der Waals surface area contributed by atoms with E-state index in [-0.39, 0.29) is 19.0 Å². The van der Waals surface area contributed by atoms with E-state index in [0.717, 1.165) is 40.7 Å². The van der Waals surface area contributed by atoms with Crippen LogP contribution in [-0.4, -0.2) is 19.0 Å². The third-order valence-corrected chi connectivity index (χ3v) is 13.5. The zero-order chi connectivity index (χ0) is 17.8. The molecule has 0 radical (unpaired) electrons. The van der Waals surface area contributed by atoms with Gasteiger partial charge in [0, 0.05) is 9.52 Å². The Balaban J connectivity index is 1.59. The van der Waals surface area contributed by atoms with Crippen molar-refractivity contribution in [2.24, 2.45) is 35.0 Å². The van der Waals surface area contributed by atoms with Gasteiger partial charge < -0.3 is 0 Å². The number of rotatable bonds is 0. The first-order valence-corrected chi connectivity index (χ1v) is 14.4. The van der Waals surface area contributed by atoms with Gasteiger partial charge in [-0.2, -0.15) is 0 Å². The molecule has 2 fully saturated rings. The molecule has 2 saturated carbocycles. The van der Waals surface area contributed by atoms with Crippen LogP contribution in [0.25, 0.3) is 0 Å². The zero-order valence-electron chi connectivity index (χ0n) is 16.1. The summed E-state index contributed by atoms with van der Waals surface area (Å²) in [7, 11) is -0.349. The summed E-state index contributed by atoms with van der Waals surface area (Å²) in [5, 5.41) is 0. The van der Waals surface area contributed by atoms with Gasteiger partial charge in [-0.3, -0.25) is 0 Å². The second-order valence-electron chi connectivity index (χ2n) is 9.63. The second kappa shape index (κ2) is 6.32. The van der Waals surface area contributed by atoms with Gasteiger partial charge in [0.2, 0.25) is 0 Å². The molecular formula is C25H30Si2. The summed E-state index contributed by atoms with van der Waals surface area (Å²) in [6, 6.07) is 0. The van der Waals surface area contributed by atoms with Crippen LogP contribution in [0.1, 0.15) is 19.3 Å². The van der Waals surface area contributed by atoms with Gasteiger partial charge in [-0.15, -0.1) is 11.4 Å². The third kappa shape index (κ3) is 2.26. The lowest BCUT2D eigenvalue weighted by atomic mass is 9.45. The maximum atomic E-state index is 2.67. The molecule has 2 heterocycles. The van der Waals surface area contributed by atoms with Gasteiger partial charge in [0.15, 0.2) is 0 Å². The third-order valence-electron chi connectivity index (χ3n) is 8.78. The minimum Gasteiger partial charge on any atom is -0.105 e. The van der Waals surface area contributed by atoms with Crippen LogP contribution in [0.4, 0.5) is 0 Å². The lowest BCUT2D eigenvalue weighted by Gasteiger charge is -2.66. The number of allylic oxidation sites excluding steroid dienone is 12. The molecule has 2 aliphatic heterocycles. The molecule has 0 N–H and O–H groups in total. The molecule has 8 atom stereocenters. The number of hydrogen-bond donors (Lipinski definition) is 0. The van der Waals surface area contributed by atoms with Gasteiger partial charge in [-0.05, 0) is 65.3 Å². The summed E-state index contributed by atoms with van der Waals surface area (Å²) >= 11 is 0. The smallest absolute Gasteiger partial charge is 0.0536 e. The van der Waals surface area contributed by atoms with Gasteiger partial charge >= 0.3 is 0 Å². The average Bonchev–Trinajstić information content (AvgIpc) is 2.73. The van der Waals surface area contributed by atoms with Gasteiger partial charge in [-0.1, -0.05) is 72.4 Å². The van der Waals surface area contributed by atoms with Crippen molar-refractivity contribution in [2.45, 2.75) is 30.3 Å². The number of fused-ring (bicyclic) bond motifs is 8. The molecule has 138 valence electrons. The maximum absolute atomic E-state index is 2.67. The largest absolute Gasteiger partial charge is 0.105 e. The lowest BCUT2D eigenvalue weighted by molar-refractivity contribution is -0.0144. The average molecular weight is 387 g/mol. The van der Waals surface area contributed by atoms with E-state index < -0.39 is 0 Å². The lowest BCUT2D eigenvalue weighted by Crippen LogP contribution is -2.59. The summed E-state index contributed by atoms with van der Waals surface area (Å²) in [4.78, 5) is 0. The van der Waals surface area contributed by atoms with Gasteiger partial charge in [0.05, 0.1) is 9.52 Å². The molecule has 8 unspecified atom stereocenters. The molecule has 0 aromatic rings. The molecule has 0 amide bonds. The Hall–Kier alpha value is -1.39. The maximum Gasteiger partial charge on any atom is 0.0536 e. The fourth-order valence-electron chi connectivity index (χ4n) is 8.02. The molecule has 4 aliphatic carbocycles. The number of hydrogen-bond acceptors (Lipinski definition) is 0. The van der Waals surface area contributed by atoms with Crippen molar-refractivity contribution < 1.29 is 0 Å². The van der Waals surface area contributed by atoms with Gasteiger partial charge in [0.1, 0.15) is 0 Å². The minimum absolute atomic E-state index is 0.154. The van der Waals surface area contributed by atoms with E-state index in [0.29, 0.717) is 5.41 Å². The van der Waals surface area contributed by atoms with Crippen molar-refractivity contribution in [1.82, 2.24) is 0 Å². The second-order valence-corrected chi connectivity index (χ2v) is 13.2. The van der Waals surface area contributed by atoms with Crippen molar-refractivity contribution in [1.29, 1.82) is 0 Å². The fraction of sp³-hybridized carbons (Fsp3) is 0.440.